The minimum Gasteiger partial charge on any atom is -0.378 e. The molecule has 2 aliphatic heterocycles. The smallest absolute Gasteiger partial charge is 0.222 e. The SMILES string of the molecule is COC1CN(c2cc(Nc3cc(NC(C)=O)ncc3-c3ccc(N4C[C@@H](C)O[C@@H](C)C4)cn3)nc(S(C)(=O)=O)c2)C1. The summed E-state index contributed by atoms with van der Waals surface area (Å²) in [6, 6.07) is 8.96. The maximum Gasteiger partial charge on any atom is 0.222 e. The fraction of sp³-hybridized carbons (Fsp3) is 0.429. The fourth-order valence-corrected chi connectivity index (χ4v) is 5.60. The van der Waals surface area contributed by atoms with Gasteiger partial charge in [0, 0.05) is 76.0 Å². The molecule has 0 saturated carbocycles. The number of methoxy groups -OCH3 is 1. The lowest BCUT2D eigenvalue weighted by molar-refractivity contribution is -0.114. The van der Waals surface area contributed by atoms with Gasteiger partial charge in [-0.2, -0.15) is 0 Å². The van der Waals surface area contributed by atoms with E-state index < -0.39 is 9.84 Å². The zero-order valence-electron chi connectivity index (χ0n) is 23.8. The van der Waals surface area contributed by atoms with Crippen molar-refractivity contribution < 1.29 is 22.7 Å². The van der Waals surface area contributed by atoms with Gasteiger partial charge < -0.3 is 29.9 Å². The molecular formula is C28H35N7O5S. The van der Waals surface area contributed by atoms with Crippen LogP contribution in [0.4, 0.5) is 28.7 Å². The second-order valence-corrected chi connectivity index (χ2v) is 12.5. The van der Waals surface area contributed by atoms with Crippen molar-refractivity contribution in [2.45, 2.75) is 44.1 Å². The number of aromatic nitrogens is 3. The summed E-state index contributed by atoms with van der Waals surface area (Å²) in [5, 5.41) is 5.91. The van der Waals surface area contributed by atoms with Crippen LogP contribution in [0.5, 0.6) is 0 Å². The number of nitrogens with zero attached hydrogens (tertiary/aromatic N) is 5. The molecule has 2 atom stereocenters. The maximum atomic E-state index is 12.5. The summed E-state index contributed by atoms with van der Waals surface area (Å²) in [5.74, 6) is 0.400. The van der Waals surface area contributed by atoms with Crippen LogP contribution in [-0.2, 0) is 24.1 Å². The van der Waals surface area contributed by atoms with Gasteiger partial charge in [0.15, 0.2) is 14.9 Å². The second kappa shape index (κ2) is 11.6. The number of anilines is 5. The number of pyridine rings is 3. The van der Waals surface area contributed by atoms with Crippen molar-refractivity contribution >= 4 is 44.4 Å². The Hall–Kier alpha value is -3.81. The number of hydrogen-bond donors (Lipinski definition) is 2. The van der Waals surface area contributed by atoms with Crippen LogP contribution < -0.4 is 20.4 Å². The normalized spacial score (nSPS) is 19.5. The molecule has 218 valence electrons. The molecule has 41 heavy (non-hydrogen) atoms. The number of amides is 1. The van der Waals surface area contributed by atoms with E-state index in [-0.39, 0.29) is 29.2 Å². The molecule has 0 radical (unpaired) electrons. The fourth-order valence-electron chi connectivity index (χ4n) is 5.00. The van der Waals surface area contributed by atoms with Crippen LogP contribution in [0.1, 0.15) is 20.8 Å². The lowest BCUT2D eigenvalue weighted by Crippen LogP contribution is -2.51. The summed E-state index contributed by atoms with van der Waals surface area (Å²) in [6.07, 6.45) is 4.90. The summed E-state index contributed by atoms with van der Waals surface area (Å²) < 4.78 is 36.2. The predicted molar refractivity (Wildman–Crippen MR) is 158 cm³/mol. The average Bonchev–Trinajstić information content (AvgIpc) is 2.87. The molecule has 3 aromatic heterocycles. The van der Waals surface area contributed by atoms with Gasteiger partial charge >= 0.3 is 0 Å². The molecule has 2 fully saturated rings. The van der Waals surface area contributed by atoms with Gasteiger partial charge in [-0.05, 0) is 32.0 Å². The standard InChI is InChI=1S/C28H35N7O5S/c1-17-13-34(14-18(2)40-17)20-6-7-24(29-11-20)23-12-30-26(31-19(3)36)10-25(23)32-27-8-21(35-15-22(16-35)39-4)9-28(33-27)41(5,37)38/h6-12,17-18,22H,13-16H2,1-5H3,(H2,30,31,32,33,36)/t17-,18+. The Labute approximate surface area is 240 Å². The van der Waals surface area contributed by atoms with Crippen LogP contribution in [0.2, 0.25) is 0 Å². The lowest BCUT2D eigenvalue weighted by atomic mass is 10.1. The highest BCUT2D eigenvalue weighted by Crippen LogP contribution is 2.34. The van der Waals surface area contributed by atoms with Crippen LogP contribution in [0.3, 0.4) is 0 Å². The molecule has 2 saturated heterocycles. The first kappa shape index (κ1) is 28.7. The van der Waals surface area contributed by atoms with Crippen LogP contribution >= 0.6 is 0 Å². The van der Waals surface area contributed by atoms with Crippen molar-refractivity contribution in [1.29, 1.82) is 0 Å². The second-order valence-electron chi connectivity index (χ2n) is 10.6. The Bertz CT molecular complexity index is 1520. The topological polar surface area (TPSA) is 139 Å². The third-order valence-electron chi connectivity index (χ3n) is 6.99. The van der Waals surface area contributed by atoms with E-state index in [2.05, 4.69) is 39.3 Å². The van der Waals surface area contributed by atoms with Crippen molar-refractivity contribution in [2.24, 2.45) is 0 Å². The average molecular weight is 582 g/mol. The van der Waals surface area contributed by atoms with E-state index in [1.165, 1.54) is 6.92 Å². The molecule has 0 spiro atoms. The summed E-state index contributed by atoms with van der Waals surface area (Å²) in [6.45, 7) is 8.36. The van der Waals surface area contributed by atoms with Gasteiger partial charge in [-0.1, -0.05) is 0 Å². The molecule has 0 bridgehead atoms. The van der Waals surface area contributed by atoms with E-state index in [1.807, 2.05) is 23.2 Å². The highest BCUT2D eigenvalue weighted by Gasteiger charge is 2.28. The van der Waals surface area contributed by atoms with Crippen LogP contribution in [0, 0.1) is 0 Å². The van der Waals surface area contributed by atoms with Gasteiger partial charge in [-0.25, -0.2) is 18.4 Å². The Kier molecular flexibility index (Phi) is 8.11. The van der Waals surface area contributed by atoms with Crippen LogP contribution in [0.15, 0.2) is 47.8 Å². The Balaban J connectivity index is 1.49. The number of hydrogen-bond acceptors (Lipinski definition) is 11. The molecule has 1 amide bonds. The molecule has 3 aromatic rings. The minimum absolute atomic E-state index is 0.0486. The third-order valence-corrected chi connectivity index (χ3v) is 7.96. The van der Waals surface area contributed by atoms with E-state index in [9.17, 15) is 13.2 Å². The van der Waals surface area contributed by atoms with E-state index >= 15 is 0 Å². The molecule has 0 unspecified atom stereocenters. The maximum absolute atomic E-state index is 12.5. The zero-order chi connectivity index (χ0) is 29.3. The number of ether oxygens (including phenoxy) is 2. The van der Waals surface area contributed by atoms with Crippen molar-refractivity contribution in [2.75, 3.05) is 60.0 Å². The number of rotatable bonds is 8. The molecule has 5 heterocycles. The van der Waals surface area contributed by atoms with E-state index in [0.717, 1.165) is 25.0 Å². The number of nitrogens with one attached hydrogen (secondary N) is 2. The van der Waals surface area contributed by atoms with Crippen molar-refractivity contribution in [3.8, 4) is 11.3 Å². The number of morpholine rings is 1. The van der Waals surface area contributed by atoms with Gasteiger partial charge in [0.25, 0.3) is 0 Å². The van der Waals surface area contributed by atoms with Crippen LogP contribution in [0.25, 0.3) is 11.3 Å². The molecule has 0 aromatic carbocycles. The van der Waals surface area contributed by atoms with E-state index in [4.69, 9.17) is 14.5 Å². The van der Waals surface area contributed by atoms with Crippen molar-refractivity contribution in [3.63, 3.8) is 0 Å². The molecular weight excluding hydrogens is 546 g/mol. The quantitative estimate of drug-likeness (QED) is 0.406. The van der Waals surface area contributed by atoms with Gasteiger partial charge in [0.2, 0.25) is 5.91 Å². The summed E-state index contributed by atoms with van der Waals surface area (Å²) in [5.41, 5.74) is 3.57. The number of carbonyl (C=O) groups excluding carboxylic acids is 1. The van der Waals surface area contributed by atoms with Gasteiger partial charge in [0.05, 0.1) is 41.6 Å². The molecule has 0 aliphatic carbocycles. The van der Waals surface area contributed by atoms with Gasteiger partial charge in [-0.3, -0.25) is 9.78 Å². The van der Waals surface area contributed by atoms with Gasteiger partial charge in [-0.15, -0.1) is 0 Å². The Morgan fingerprint density at radius 3 is 2.29 bits per heavy atom. The molecule has 2 aliphatic rings. The van der Waals surface area contributed by atoms with Crippen molar-refractivity contribution in [1.82, 2.24) is 15.0 Å². The first-order chi connectivity index (χ1) is 19.5. The Morgan fingerprint density at radius 1 is 0.976 bits per heavy atom. The third kappa shape index (κ3) is 6.75. The minimum atomic E-state index is -3.59. The predicted octanol–water partition coefficient (Wildman–Crippen LogP) is 3.09. The van der Waals surface area contributed by atoms with E-state index in [0.29, 0.717) is 47.4 Å². The van der Waals surface area contributed by atoms with Crippen LogP contribution in [-0.4, -0.2) is 87.1 Å². The van der Waals surface area contributed by atoms with Gasteiger partial charge in [0.1, 0.15) is 11.6 Å². The monoisotopic (exact) mass is 581 g/mol. The summed E-state index contributed by atoms with van der Waals surface area (Å²) >= 11 is 0. The summed E-state index contributed by atoms with van der Waals surface area (Å²) in [4.78, 5) is 29.5. The first-order valence-electron chi connectivity index (χ1n) is 13.4. The van der Waals surface area contributed by atoms with Crippen molar-refractivity contribution in [3.05, 3.63) is 42.7 Å². The largest absolute Gasteiger partial charge is 0.378 e. The molecule has 5 rings (SSSR count). The lowest BCUT2D eigenvalue weighted by Gasteiger charge is -2.40. The summed E-state index contributed by atoms with van der Waals surface area (Å²) in [7, 11) is -1.93. The molecule has 2 N–H and O–H groups in total. The highest BCUT2D eigenvalue weighted by molar-refractivity contribution is 7.90. The van der Waals surface area contributed by atoms with E-state index in [1.54, 1.807) is 31.5 Å². The first-order valence-corrected chi connectivity index (χ1v) is 15.3. The number of carbonyl (C=O) groups is 1. The molecule has 12 nitrogen and oxygen atoms in total. The number of sulfone groups is 1. The molecule has 13 heteroatoms. The zero-order valence-corrected chi connectivity index (χ0v) is 24.6. The Morgan fingerprint density at radius 2 is 1.68 bits per heavy atom. The highest BCUT2D eigenvalue weighted by atomic mass is 32.2.